The van der Waals surface area contributed by atoms with Crippen LogP contribution in [0.1, 0.15) is 58.9 Å². The van der Waals surface area contributed by atoms with Crippen LogP contribution in [-0.4, -0.2) is 64.3 Å². The molecule has 2 aliphatic rings. The number of pyridine rings is 1. The van der Waals surface area contributed by atoms with E-state index < -0.39 is 27.4 Å². The second-order valence-electron chi connectivity index (χ2n) is 11.7. The van der Waals surface area contributed by atoms with Crippen molar-refractivity contribution in [2.45, 2.75) is 75.8 Å². The number of nitrogens with zero attached hydrogens (tertiary/aromatic N) is 7. The lowest BCUT2D eigenvalue weighted by Crippen LogP contribution is -2.37. The van der Waals surface area contributed by atoms with Crippen molar-refractivity contribution in [1.82, 2.24) is 33.9 Å². The molecule has 0 unspecified atom stereocenters. The third-order valence-electron chi connectivity index (χ3n) is 8.01. The number of hydrogen-bond donors (Lipinski definition) is 3. The number of halogens is 2. The summed E-state index contributed by atoms with van der Waals surface area (Å²) in [4.78, 5) is 13.3. The Bertz CT molecular complexity index is 1710. The van der Waals surface area contributed by atoms with E-state index >= 15 is 0 Å². The first-order chi connectivity index (χ1) is 20.5. The van der Waals surface area contributed by atoms with Crippen LogP contribution in [0.2, 0.25) is 0 Å². The lowest BCUT2D eigenvalue weighted by Gasteiger charge is -2.36. The molecule has 0 atom stereocenters. The van der Waals surface area contributed by atoms with Gasteiger partial charge in [0.05, 0.1) is 34.5 Å². The van der Waals surface area contributed by atoms with Crippen LogP contribution >= 0.6 is 0 Å². The summed E-state index contributed by atoms with van der Waals surface area (Å²) >= 11 is 0. The van der Waals surface area contributed by atoms with E-state index in [1.54, 1.807) is 24.5 Å². The molecule has 0 aliphatic heterocycles. The molecule has 4 aromatic heterocycles. The summed E-state index contributed by atoms with van der Waals surface area (Å²) in [6.45, 7) is 0.915. The van der Waals surface area contributed by atoms with Crippen LogP contribution in [0.4, 0.5) is 26.1 Å². The minimum atomic E-state index is -3.51. The van der Waals surface area contributed by atoms with Gasteiger partial charge in [0.1, 0.15) is 11.6 Å². The van der Waals surface area contributed by atoms with Gasteiger partial charge in [-0.05, 0) is 70.4 Å². The van der Waals surface area contributed by atoms with Crippen molar-refractivity contribution in [1.29, 1.82) is 0 Å². The first-order valence-corrected chi connectivity index (χ1v) is 15.7. The van der Waals surface area contributed by atoms with Crippen LogP contribution in [0.15, 0.2) is 49.2 Å². The van der Waals surface area contributed by atoms with Crippen LogP contribution in [-0.2, 0) is 10.0 Å². The molecule has 6 rings (SSSR count). The zero-order chi connectivity index (χ0) is 30.4. The number of hydrogen-bond acceptors (Lipinski definition) is 10. The molecule has 4 aromatic rings. The Hall–Kier alpha value is -3.98. The average molecular weight is 614 g/mol. The number of nitrogens with one attached hydrogen (secondary N) is 2. The van der Waals surface area contributed by atoms with Gasteiger partial charge >= 0.3 is 6.55 Å². The van der Waals surface area contributed by atoms with Gasteiger partial charge < -0.3 is 15.7 Å². The summed E-state index contributed by atoms with van der Waals surface area (Å²) in [6.07, 6.45) is 11.8. The second kappa shape index (κ2) is 11.3. The monoisotopic (exact) mass is 613 g/mol. The highest BCUT2D eigenvalue weighted by Crippen LogP contribution is 2.36. The highest BCUT2D eigenvalue weighted by Gasteiger charge is 2.38. The summed E-state index contributed by atoms with van der Waals surface area (Å²) in [5, 5.41) is 24.8. The smallest absolute Gasteiger partial charge is 0.333 e. The zero-order valence-corrected chi connectivity index (χ0v) is 24.5. The van der Waals surface area contributed by atoms with Gasteiger partial charge in [-0.3, -0.25) is 0 Å². The lowest BCUT2D eigenvalue weighted by molar-refractivity contribution is -0.000395. The van der Waals surface area contributed by atoms with E-state index in [2.05, 4.69) is 35.8 Å². The Kier molecular flexibility index (Phi) is 7.62. The Morgan fingerprint density at radius 3 is 2.49 bits per heavy atom. The molecule has 0 amide bonds. The predicted molar refractivity (Wildman–Crippen MR) is 156 cm³/mol. The number of rotatable bonds is 10. The van der Waals surface area contributed by atoms with Gasteiger partial charge in [-0.15, -0.1) is 0 Å². The number of aromatic nitrogens is 7. The molecule has 4 heterocycles. The molecule has 0 aromatic carbocycles. The number of anilines is 3. The van der Waals surface area contributed by atoms with Gasteiger partial charge in [-0.1, -0.05) is 0 Å². The minimum absolute atomic E-state index is 0.110. The predicted octanol–water partition coefficient (Wildman–Crippen LogP) is 4.82. The van der Waals surface area contributed by atoms with Crippen LogP contribution in [0.25, 0.3) is 22.6 Å². The van der Waals surface area contributed by atoms with Crippen molar-refractivity contribution in [3.8, 4) is 22.6 Å². The molecule has 0 bridgehead atoms. The van der Waals surface area contributed by atoms with E-state index in [1.165, 1.54) is 24.7 Å². The Labute approximate surface area is 247 Å². The maximum Gasteiger partial charge on any atom is 0.333 e. The van der Waals surface area contributed by atoms with Crippen LogP contribution in [0, 0.1) is 5.92 Å². The molecule has 3 N–H and O–H groups in total. The number of aliphatic hydroxyl groups is 1. The van der Waals surface area contributed by atoms with Crippen molar-refractivity contribution in [3.05, 3.63) is 49.2 Å². The van der Waals surface area contributed by atoms with E-state index in [0.717, 1.165) is 29.8 Å². The molecule has 0 spiro atoms. The van der Waals surface area contributed by atoms with E-state index in [4.69, 9.17) is 0 Å². The molecular formula is C28H33F2N9O3S. The van der Waals surface area contributed by atoms with E-state index in [1.807, 2.05) is 13.8 Å². The topological polar surface area (TPSA) is 153 Å². The van der Waals surface area contributed by atoms with Crippen molar-refractivity contribution in [3.63, 3.8) is 0 Å². The van der Waals surface area contributed by atoms with Crippen molar-refractivity contribution < 1.29 is 22.3 Å². The van der Waals surface area contributed by atoms with Crippen molar-refractivity contribution in [2.24, 2.45) is 5.92 Å². The summed E-state index contributed by atoms with van der Waals surface area (Å²) in [5.41, 5.74) is 1.31. The highest BCUT2D eigenvalue weighted by atomic mass is 32.2. The van der Waals surface area contributed by atoms with Crippen LogP contribution in [0.5, 0.6) is 0 Å². The zero-order valence-electron chi connectivity index (χ0n) is 23.7. The Morgan fingerprint density at radius 1 is 1.05 bits per heavy atom. The summed E-state index contributed by atoms with van der Waals surface area (Å²) < 4.78 is 53.1. The summed E-state index contributed by atoms with van der Waals surface area (Å²) in [7, 11) is -3.51. The van der Waals surface area contributed by atoms with Crippen molar-refractivity contribution >= 4 is 27.3 Å². The van der Waals surface area contributed by atoms with E-state index in [0.29, 0.717) is 57.5 Å². The van der Waals surface area contributed by atoms with Crippen LogP contribution < -0.4 is 10.6 Å². The maximum absolute atomic E-state index is 13.3. The van der Waals surface area contributed by atoms with E-state index in [-0.39, 0.29) is 12.0 Å². The Morgan fingerprint density at radius 2 is 1.81 bits per heavy atom. The van der Waals surface area contributed by atoms with Gasteiger partial charge in [-0.25, -0.2) is 28.1 Å². The lowest BCUT2D eigenvalue weighted by atomic mass is 9.77. The molecule has 43 heavy (non-hydrogen) atoms. The quantitative estimate of drug-likeness (QED) is 0.227. The van der Waals surface area contributed by atoms with Crippen molar-refractivity contribution in [2.75, 3.05) is 10.6 Å². The standard InChI is InChI=1S/C28H33F2N9O3S/c1-28(2,40)18-3-5-19(6-4-18)34-23-13-25(32-15-21(23)22-10-12-38(37-22)27(29)30)35-24-9-11-31-26(36-24)17-14-33-39(16-17)43(41,42)20-7-8-20/h9-16,18-20,27,40H,3-8H2,1-2H3,(H2,31,32,34,35,36). The first kappa shape index (κ1) is 29.1. The summed E-state index contributed by atoms with van der Waals surface area (Å²) in [6, 6.07) is 5.06. The fourth-order valence-corrected chi connectivity index (χ4v) is 6.85. The number of alkyl halides is 2. The first-order valence-electron chi connectivity index (χ1n) is 14.2. The molecule has 2 saturated carbocycles. The van der Waals surface area contributed by atoms with Gasteiger partial charge in [0.15, 0.2) is 5.82 Å². The van der Waals surface area contributed by atoms with Gasteiger partial charge in [0.2, 0.25) is 0 Å². The molecule has 0 saturated heterocycles. The SMILES string of the molecule is CC(C)(O)C1CCC(Nc2cc(Nc3ccnc(-c4cnn(S(=O)(=O)C5CC5)c4)n3)ncc2-c2ccn(C(F)F)n2)CC1. The third-order valence-corrected chi connectivity index (χ3v) is 10.0. The summed E-state index contributed by atoms with van der Waals surface area (Å²) in [5.74, 6) is 1.36. The largest absolute Gasteiger partial charge is 0.390 e. The van der Waals surface area contributed by atoms with Crippen LogP contribution in [0.3, 0.4) is 0 Å². The molecule has 12 nitrogen and oxygen atoms in total. The fraction of sp³-hybridized carbons (Fsp3) is 0.464. The minimum Gasteiger partial charge on any atom is -0.390 e. The molecule has 0 radical (unpaired) electrons. The van der Waals surface area contributed by atoms with Gasteiger partial charge in [0.25, 0.3) is 10.0 Å². The van der Waals surface area contributed by atoms with Gasteiger partial charge in [0, 0.05) is 41.9 Å². The highest BCUT2D eigenvalue weighted by molar-refractivity contribution is 7.90. The molecular weight excluding hydrogens is 580 g/mol. The average Bonchev–Trinajstić information content (AvgIpc) is 3.50. The Balaban J connectivity index is 1.24. The maximum atomic E-state index is 13.3. The molecule has 15 heteroatoms. The fourth-order valence-electron chi connectivity index (χ4n) is 5.38. The molecule has 2 aliphatic carbocycles. The van der Waals surface area contributed by atoms with E-state index in [9.17, 15) is 22.3 Å². The normalized spacial score (nSPS) is 19.5. The molecule has 2 fully saturated rings. The third kappa shape index (κ3) is 6.37. The second-order valence-corrected chi connectivity index (χ2v) is 13.7. The molecule has 228 valence electrons. The van der Waals surface area contributed by atoms with Gasteiger partial charge in [-0.2, -0.15) is 23.1 Å².